The van der Waals surface area contributed by atoms with Crippen molar-refractivity contribution in [1.82, 2.24) is 10.0 Å². The van der Waals surface area contributed by atoms with E-state index in [1.807, 2.05) is 0 Å². The Morgan fingerprint density at radius 3 is 2.38 bits per heavy atom. The minimum Gasteiger partial charge on any atom is -0.348 e. The molecule has 0 radical (unpaired) electrons. The van der Waals surface area contributed by atoms with Gasteiger partial charge in [-0.3, -0.25) is 4.79 Å². The smallest absolute Gasteiger partial charge is 0.253 e. The van der Waals surface area contributed by atoms with Crippen LogP contribution in [0.25, 0.3) is 0 Å². The van der Waals surface area contributed by atoms with E-state index in [1.165, 1.54) is 18.2 Å². The minimum atomic E-state index is -3.51. The molecule has 1 aliphatic rings. The first kappa shape index (κ1) is 19.1. The zero-order valence-electron chi connectivity index (χ0n) is 13.4. The molecule has 0 saturated heterocycles. The first-order valence-corrected chi connectivity index (χ1v) is 10.0. The minimum absolute atomic E-state index is 0.0265. The lowest BCUT2D eigenvalue weighted by molar-refractivity contribution is 0.0950. The summed E-state index contributed by atoms with van der Waals surface area (Å²) < 4.78 is 40.3. The fourth-order valence-corrected chi connectivity index (χ4v) is 4.02. The van der Waals surface area contributed by atoms with E-state index >= 15 is 0 Å². The Hall–Kier alpha value is -1.67. The number of nitrogens with one attached hydrogen (secondary N) is 2. The second kappa shape index (κ2) is 7.52. The Morgan fingerprint density at radius 1 is 1.12 bits per heavy atom. The summed E-state index contributed by atoms with van der Waals surface area (Å²) in [5.41, 5.74) is 0.663. The molecule has 2 aromatic carbocycles. The van der Waals surface area contributed by atoms with E-state index in [0.717, 1.165) is 18.9 Å². The summed E-state index contributed by atoms with van der Waals surface area (Å²) in [5, 5.41) is 2.48. The van der Waals surface area contributed by atoms with Crippen LogP contribution in [0.5, 0.6) is 0 Å². The number of sulfonamides is 1. The third-order valence-electron chi connectivity index (χ3n) is 3.84. The van der Waals surface area contributed by atoms with Crippen LogP contribution >= 0.6 is 23.2 Å². The fourth-order valence-electron chi connectivity index (χ4n) is 2.25. The summed E-state index contributed by atoms with van der Waals surface area (Å²) in [4.78, 5) is 12.3. The van der Waals surface area contributed by atoms with Gasteiger partial charge < -0.3 is 5.32 Å². The zero-order valence-corrected chi connectivity index (χ0v) is 15.8. The molecule has 0 unspecified atom stereocenters. The zero-order chi connectivity index (χ0) is 18.9. The van der Waals surface area contributed by atoms with Crippen molar-refractivity contribution in [3.8, 4) is 0 Å². The highest BCUT2D eigenvalue weighted by molar-refractivity contribution is 7.89. The van der Waals surface area contributed by atoms with Gasteiger partial charge in [0.2, 0.25) is 10.0 Å². The van der Waals surface area contributed by atoms with Gasteiger partial charge in [0.05, 0.1) is 20.5 Å². The van der Waals surface area contributed by atoms with Gasteiger partial charge in [0.15, 0.2) is 0 Å². The number of amides is 1. The Kier molecular flexibility index (Phi) is 5.53. The Balaban J connectivity index is 1.64. The summed E-state index contributed by atoms with van der Waals surface area (Å²) in [7, 11) is -3.51. The van der Waals surface area contributed by atoms with Crippen LogP contribution < -0.4 is 10.0 Å². The molecule has 1 fully saturated rings. The van der Waals surface area contributed by atoms with Crippen molar-refractivity contribution in [3.05, 3.63) is 63.4 Å². The van der Waals surface area contributed by atoms with Gasteiger partial charge in [-0.25, -0.2) is 17.5 Å². The van der Waals surface area contributed by atoms with Crippen molar-refractivity contribution in [1.29, 1.82) is 0 Å². The Morgan fingerprint density at radius 2 is 1.77 bits per heavy atom. The third kappa shape index (κ3) is 4.54. The van der Waals surface area contributed by atoms with E-state index in [4.69, 9.17) is 23.2 Å². The van der Waals surface area contributed by atoms with Crippen molar-refractivity contribution in [2.45, 2.75) is 30.3 Å². The lowest BCUT2D eigenvalue weighted by Gasteiger charge is -2.09. The van der Waals surface area contributed by atoms with Crippen LogP contribution in [0, 0.1) is 5.82 Å². The number of rotatable bonds is 6. The van der Waals surface area contributed by atoms with Gasteiger partial charge in [0, 0.05) is 12.6 Å². The molecule has 3 rings (SSSR count). The van der Waals surface area contributed by atoms with Crippen molar-refractivity contribution >= 4 is 39.1 Å². The molecule has 0 aromatic heterocycles. The van der Waals surface area contributed by atoms with E-state index in [9.17, 15) is 17.6 Å². The topological polar surface area (TPSA) is 75.3 Å². The lowest BCUT2D eigenvalue weighted by atomic mass is 10.2. The maximum absolute atomic E-state index is 13.5. The summed E-state index contributed by atoms with van der Waals surface area (Å²) in [6, 6.07) is 8.32. The average molecular weight is 417 g/mol. The molecule has 0 spiro atoms. The van der Waals surface area contributed by atoms with Crippen LogP contribution in [0.2, 0.25) is 10.0 Å². The van der Waals surface area contributed by atoms with E-state index in [1.54, 1.807) is 12.1 Å². The summed E-state index contributed by atoms with van der Waals surface area (Å²) >= 11 is 11.5. The first-order valence-electron chi connectivity index (χ1n) is 7.80. The van der Waals surface area contributed by atoms with Crippen LogP contribution in [0.15, 0.2) is 41.3 Å². The maximum Gasteiger partial charge on any atom is 0.253 e. The van der Waals surface area contributed by atoms with Crippen LogP contribution in [0.3, 0.4) is 0 Å². The number of carbonyl (C=O) groups is 1. The van der Waals surface area contributed by atoms with Crippen molar-refractivity contribution in [3.63, 3.8) is 0 Å². The van der Waals surface area contributed by atoms with Crippen LogP contribution in [-0.4, -0.2) is 20.4 Å². The van der Waals surface area contributed by atoms with E-state index in [0.29, 0.717) is 5.56 Å². The average Bonchev–Trinajstić information content (AvgIpc) is 3.39. The molecule has 2 aromatic rings. The molecule has 9 heteroatoms. The highest BCUT2D eigenvalue weighted by Crippen LogP contribution is 2.24. The van der Waals surface area contributed by atoms with Gasteiger partial charge in [-0.15, -0.1) is 0 Å². The second-order valence-electron chi connectivity index (χ2n) is 5.97. The molecule has 1 aliphatic carbocycles. The van der Waals surface area contributed by atoms with Gasteiger partial charge in [0.25, 0.3) is 5.91 Å². The van der Waals surface area contributed by atoms with Gasteiger partial charge in [-0.05, 0) is 42.7 Å². The molecular formula is C17H15Cl2FN2O3S. The second-order valence-corrected chi connectivity index (χ2v) is 8.50. The van der Waals surface area contributed by atoms with Gasteiger partial charge in [0.1, 0.15) is 5.82 Å². The normalized spacial score (nSPS) is 14.3. The monoisotopic (exact) mass is 416 g/mol. The standard InChI is InChI=1S/C17H15Cl2FN2O3S/c18-14-8-15(19)16(20)7-13(14)17(23)21-9-10-1-5-12(6-2-10)26(24,25)22-11-3-4-11/h1-2,5-8,11,22H,3-4,9H2,(H,21,23). The van der Waals surface area contributed by atoms with Crippen molar-refractivity contribution in [2.75, 3.05) is 0 Å². The van der Waals surface area contributed by atoms with Crippen molar-refractivity contribution in [2.24, 2.45) is 0 Å². The summed E-state index contributed by atoms with van der Waals surface area (Å²) in [6.07, 6.45) is 1.72. The van der Waals surface area contributed by atoms with Crippen LogP contribution in [-0.2, 0) is 16.6 Å². The number of halogens is 3. The van der Waals surface area contributed by atoms with E-state index in [2.05, 4.69) is 10.0 Å². The third-order valence-corrected chi connectivity index (χ3v) is 5.98. The maximum atomic E-state index is 13.5. The molecule has 1 saturated carbocycles. The fraction of sp³-hybridized carbons (Fsp3) is 0.235. The first-order chi connectivity index (χ1) is 12.3. The number of hydrogen-bond donors (Lipinski definition) is 2. The van der Waals surface area contributed by atoms with Gasteiger partial charge >= 0.3 is 0 Å². The largest absolute Gasteiger partial charge is 0.348 e. The number of benzene rings is 2. The quantitative estimate of drug-likeness (QED) is 0.707. The molecule has 1 amide bonds. The number of carbonyl (C=O) groups excluding carboxylic acids is 1. The molecule has 5 nitrogen and oxygen atoms in total. The Bertz CT molecular complexity index is 945. The van der Waals surface area contributed by atoms with Gasteiger partial charge in [-0.1, -0.05) is 35.3 Å². The highest BCUT2D eigenvalue weighted by Gasteiger charge is 2.27. The molecule has 0 bridgehead atoms. The summed E-state index contributed by atoms with van der Waals surface area (Å²) in [5.74, 6) is -1.29. The molecule has 0 atom stereocenters. The predicted molar refractivity (Wildman–Crippen MR) is 97.4 cm³/mol. The van der Waals surface area contributed by atoms with Crippen LogP contribution in [0.4, 0.5) is 4.39 Å². The molecular weight excluding hydrogens is 402 g/mol. The SMILES string of the molecule is O=C(NCc1ccc(S(=O)(=O)NC2CC2)cc1)c1cc(F)c(Cl)cc1Cl. The summed E-state index contributed by atoms with van der Waals surface area (Å²) in [6.45, 7) is 0.135. The lowest BCUT2D eigenvalue weighted by Crippen LogP contribution is -2.26. The molecule has 0 heterocycles. The van der Waals surface area contributed by atoms with E-state index < -0.39 is 21.7 Å². The molecule has 138 valence electrons. The van der Waals surface area contributed by atoms with Gasteiger partial charge in [-0.2, -0.15) is 0 Å². The molecule has 26 heavy (non-hydrogen) atoms. The van der Waals surface area contributed by atoms with Crippen LogP contribution in [0.1, 0.15) is 28.8 Å². The number of hydrogen-bond acceptors (Lipinski definition) is 3. The predicted octanol–water partition coefficient (Wildman–Crippen LogP) is 3.50. The molecule has 0 aliphatic heterocycles. The highest BCUT2D eigenvalue weighted by atomic mass is 35.5. The van der Waals surface area contributed by atoms with E-state index in [-0.39, 0.29) is 33.1 Å². The Labute approximate surface area is 160 Å². The molecule has 2 N–H and O–H groups in total. The van der Waals surface area contributed by atoms with Crippen molar-refractivity contribution < 1.29 is 17.6 Å².